The van der Waals surface area contributed by atoms with Gasteiger partial charge in [0.25, 0.3) is 0 Å². The second-order valence-electron chi connectivity index (χ2n) is 4.58. The fourth-order valence-electron chi connectivity index (χ4n) is 2.14. The van der Waals surface area contributed by atoms with Gasteiger partial charge in [-0.15, -0.1) is 0 Å². The lowest BCUT2D eigenvalue weighted by Gasteiger charge is -2.13. The molecule has 0 amide bonds. The molecule has 2 rings (SSSR count). The van der Waals surface area contributed by atoms with Gasteiger partial charge in [-0.2, -0.15) is 5.26 Å². The van der Waals surface area contributed by atoms with E-state index in [1.807, 2.05) is 38.1 Å². The van der Waals surface area contributed by atoms with E-state index in [1.54, 1.807) is 14.2 Å². The number of pyridine rings is 1. The van der Waals surface area contributed by atoms with E-state index in [-0.39, 0.29) is 0 Å². The number of nitrogens with one attached hydrogen (secondary N) is 1. The summed E-state index contributed by atoms with van der Waals surface area (Å²) in [4.78, 5) is 4.30. The first kappa shape index (κ1) is 14.7. The van der Waals surface area contributed by atoms with Gasteiger partial charge in [0.15, 0.2) is 11.5 Å². The van der Waals surface area contributed by atoms with Crippen LogP contribution in [0.4, 0.5) is 11.4 Å². The highest BCUT2D eigenvalue weighted by atomic mass is 16.5. The molecule has 1 heterocycles. The number of nitriles is 1. The van der Waals surface area contributed by atoms with Crippen LogP contribution in [0.25, 0.3) is 0 Å². The molecule has 1 aromatic heterocycles. The van der Waals surface area contributed by atoms with Crippen molar-refractivity contribution in [2.45, 2.75) is 13.8 Å². The van der Waals surface area contributed by atoms with E-state index in [4.69, 9.17) is 9.47 Å². The number of rotatable bonds is 4. The van der Waals surface area contributed by atoms with Crippen LogP contribution in [-0.4, -0.2) is 19.2 Å². The molecule has 0 fully saturated rings. The molecular weight excluding hydrogens is 266 g/mol. The maximum atomic E-state index is 9.28. The Morgan fingerprint density at radius 2 is 1.81 bits per heavy atom. The van der Waals surface area contributed by atoms with Crippen LogP contribution in [0.3, 0.4) is 0 Å². The molecule has 0 spiro atoms. The summed E-state index contributed by atoms with van der Waals surface area (Å²) in [5.41, 5.74) is 3.65. The highest BCUT2D eigenvalue weighted by molar-refractivity contribution is 5.69. The van der Waals surface area contributed by atoms with Gasteiger partial charge in [-0.25, -0.2) is 0 Å². The summed E-state index contributed by atoms with van der Waals surface area (Å²) in [6.07, 6.45) is 0. The zero-order valence-electron chi connectivity index (χ0n) is 12.5. The van der Waals surface area contributed by atoms with Gasteiger partial charge in [0.2, 0.25) is 0 Å². The van der Waals surface area contributed by atoms with E-state index < -0.39 is 0 Å². The quantitative estimate of drug-likeness (QED) is 0.932. The lowest BCUT2D eigenvalue weighted by molar-refractivity contribution is 0.355. The van der Waals surface area contributed by atoms with Crippen LogP contribution in [0.15, 0.2) is 24.3 Å². The minimum atomic E-state index is 0.537. The third-order valence-corrected chi connectivity index (χ3v) is 3.10. The van der Waals surface area contributed by atoms with Gasteiger partial charge >= 0.3 is 0 Å². The van der Waals surface area contributed by atoms with E-state index in [2.05, 4.69) is 16.4 Å². The van der Waals surface area contributed by atoms with Gasteiger partial charge in [-0.1, -0.05) is 0 Å². The maximum absolute atomic E-state index is 9.28. The second kappa shape index (κ2) is 6.14. The Morgan fingerprint density at radius 3 is 2.43 bits per heavy atom. The zero-order valence-corrected chi connectivity index (χ0v) is 12.5. The predicted molar refractivity (Wildman–Crippen MR) is 81.3 cm³/mol. The van der Waals surface area contributed by atoms with Gasteiger partial charge in [-0.05, 0) is 32.0 Å². The molecule has 0 saturated heterocycles. The number of hydrogen-bond acceptors (Lipinski definition) is 5. The third kappa shape index (κ3) is 3.06. The molecule has 0 unspecified atom stereocenters. The minimum Gasteiger partial charge on any atom is -0.493 e. The molecule has 0 saturated carbocycles. The van der Waals surface area contributed by atoms with Gasteiger partial charge in [0.05, 0.1) is 31.2 Å². The monoisotopic (exact) mass is 283 g/mol. The summed E-state index contributed by atoms with van der Waals surface area (Å²) in [7, 11) is 3.18. The summed E-state index contributed by atoms with van der Waals surface area (Å²) < 4.78 is 10.5. The van der Waals surface area contributed by atoms with E-state index in [0.717, 1.165) is 17.1 Å². The summed E-state index contributed by atoms with van der Waals surface area (Å²) in [6, 6.07) is 9.54. The smallest absolute Gasteiger partial charge is 0.162 e. The number of ether oxygens (including phenoxy) is 2. The molecule has 2 aromatic rings. The van der Waals surface area contributed by atoms with Crippen molar-refractivity contribution in [3.63, 3.8) is 0 Å². The molecule has 0 atom stereocenters. The fraction of sp³-hybridized carbons (Fsp3) is 0.250. The second-order valence-corrected chi connectivity index (χ2v) is 4.58. The largest absolute Gasteiger partial charge is 0.493 e. The molecule has 108 valence electrons. The number of hydrogen-bond donors (Lipinski definition) is 1. The Labute approximate surface area is 124 Å². The first-order chi connectivity index (χ1) is 10.1. The molecule has 1 aromatic carbocycles. The van der Waals surface area contributed by atoms with E-state index in [9.17, 15) is 5.26 Å². The number of anilines is 2. The SMILES string of the molecule is COc1ccc(Nc2cc(C)nc(C)c2C#N)cc1OC. The predicted octanol–water partition coefficient (Wildman–Crippen LogP) is 3.33. The van der Waals surface area contributed by atoms with Crippen molar-refractivity contribution < 1.29 is 9.47 Å². The Hall–Kier alpha value is -2.74. The molecule has 5 heteroatoms. The normalized spacial score (nSPS) is 9.86. The third-order valence-electron chi connectivity index (χ3n) is 3.10. The summed E-state index contributed by atoms with van der Waals surface area (Å²) in [5, 5.41) is 12.5. The Kier molecular flexibility index (Phi) is 4.29. The molecule has 0 aliphatic carbocycles. The van der Waals surface area contributed by atoms with Crippen LogP contribution < -0.4 is 14.8 Å². The lowest BCUT2D eigenvalue weighted by atomic mass is 10.1. The molecule has 0 radical (unpaired) electrons. The van der Waals surface area contributed by atoms with Crippen LogP contribution in [0.2, 0.25) is 0 Å². The molecule has 5 nitrogen and oxygen atoms in total. The van der Waals surface area contributed by atoms with Gasteiger partial charge < -0.3 is 14.8 Å². The topological polar surface area (TPSA) is 67.2 Å². The molecule has 0 aliphatic rings. The number of benzene rings is 1. The fourth-order valence-corrected chi connectivity index (χ4v) is 2.14. The maximum Gasteiger partial charge on any atom is 0.162 e. The Morgan fingerprint density at radius 1 is 1.10 bits per heavy atom. The minimum absolute atomic E-state index is 0.537. The van der Waals surface area contributed by atoms with E-state index in [0.29, 0.717) is 22.8 Å². The Bertz CT molecular complexity index is 705. The Balaban J connectivity index is 2.41. The average Bonchev–Trinajstić information content (AvgIpc) is 2.46. The highest BCUT2D eigenvalue weighted by Crippen LogP contribution is 2.32. The summed E-state index contributed by atoms with van der Waals surface area (Å²) in [5.74, 6) is 1.29. The summed E-state index contributed by atoms with van der Waals surface area (Å²) >= 11 is 0. The highest BCUT2D eigenvalue weighted by Gasteiger charge is 2.10. The summed E-state index contributed by atoms with van der Waals surface area (Å²) in [6.45, 7) is 3.72. The molecular formula is C16H17N3O2. The van der Waals surface area contributed by atoms with Crippen LogP contribution >= 0.6 is 0 Å². The van der Waals surface area contributed by atoms with Crippen LogP contribution in [-0.2, 0) is 0 Å². The molecule has 0 aliphatic heterocycles. The number of aromatic nitrogens is 1. The average molecular weight is 283 g/mol. The molecule has 0 bridgehead atoms. The van der Waals surface area contributed by atoms with Gasteiger partial charge in [-0.3, -0.25) is 4.98 Å². The first-order valence-electron chi connectivity index (χ1n) is 6.46. The van der Waals surface area contributed by atoms with Crippen LogP contribution in [0, 0.1) is 25.2 Å². The van der Waals surface area contributed by atoms with Crippen molar-refractivity contribution in [2.24, 2.45) is 0 Å². The molecule has 1 N–H and O–H groups in total. The number of nitrogens with zero attached hydrogens (tertiary/aromatic N) is 2. The lowest BCUT2D eigenvalue weighted by Crippen LogP contribution is -2.00. The zero-order chi connectivity index (χ0) is 15.4. The van der Waals surface area contributed by atoms with E-state index >= 15 is 0 Å². The van der Waals surface area contributed by atoms with Crippen LogP contribution in [0.1, 0.15) is 17.0 Å². The van der Waals surface area contributed by atoms with Crippen LogP contribution in [0.5, 0.6) is 11.5 Å². The molecule has 21 heavy (non-hydrogen) atoms. The van der Waals surface area contributed by atoms with Crippen molar-refractivity contribution in [1.29, 1.82) is 5.26 Å². The number of aryl methyl sites for hydroxylation is 2. The van der Waals surface area contributed by atoms with E-state index in [1.165, 1.54) is 0 Å². The van der Waals surface area contributed by atoms with Gasteiger partial charge in [0.1, 0.15) is 6.07 Å². The standard InChI is InChI=1S/C16H17N3O2/c1-10-7-14(13(9-17)11(2)18-10)19-12-5-6-15(20-3)16(8-12)21-4/h5-8H,1-4H3,(H,18,19). The van der Waals surface area contributed by atoms with Gasteiger partial charge in [0, 0.05) is 17.4 Å². The van der Waals surface area contributed by atoms with Crippen molar-refractivity contribution in [3.8, 4) is 17.6 Å². The van der Waals surface area contributed by atoms with Crippen molar-refractivity contribution >= 4 is 11.4 Å². The van der Waals surface area contributed by atoms with Crippen molar-refractivity contribution in [3.05, 3.63) is 41.2 Å². The number of methoxy groups -OCH3 is 2. The first-order valence-corrected chi connectivity index (χ1v) is 6.46. The van der Waals surface area contributed by atoms with Crippen molar-refractivity contribution in [1.82, 2.24) is 4.98 Å². The van der Waals surface area contributed by atoms with Crippen molar-refractivity contribution in [2.75, 3.05) is 19.5 Å².